The van der Waals surface area contributed by atoms with Crippen LogP contribution < -0.4 is 10.1 Å². The molecule has 3 N–H and O–H groups in total. The van der Waals surface area contributed by atoms with Crippen molar-refractivity contribution < 1.29 is 34.1 Å². The van der Waals surface area contributed by atoms with Gasteiger partial charge >= 0.3 is 18.0 Å². The SMILES string of the molecule is CC(C)(C)OC(=O)NCCOc1cc(C(=O)O)nc(C(=O)O)c1. The number of amides is 1. The molecule has 0 aliphatic carbocycles. The number of carbonyl (C=O) groups excluding carboxylic acids is 1. The summed E-state index contributed by atoms with van der Waals surface area (Å²) in [6.07, 6.45) is -0.617. The van der Waals surface area contributed by atoms with Crippen molar-refractivity contribution in [1.29, 1.82) is 0 Å². The second-order valence-corrected chi connectivity index (χ2v) is 5.46. The Morgan fingerprint density at radius 1 is 1.13 bits per heavy atom. The second-order valence-electron chi connectivity index (χ2n) is 5.46. The number of pyridine rings is 1. The number of aromatic nitrogens is 1. The van der Waals surface area contributed by atoms with Crippen LogP contribution in [0.4, 0.5) is 4.79 Å². The third kappa shape index (κ3) is 6.64. The first kappa shape index (κ1) is 18.2. The molecule has 9 heteroatoms. The molecule has 1 amide bonds. The number of nitrogens with one attached hydrogen (secondary N) is 1. The zero-order valence-corrected chi connectivity index (χ0v) is 13.0. The molecule has 9 nitrogen and oxygen atoms in total. The smallest absolute Gasteiger partial charge is 0.407 e. The van der Waals surface area contributed by atoms with E-state index in [0.717, 1.165) is 12.1 Å². The van der Waals surface area contributed by atoms with Crippen LogP contribution in [0.15, 0.2) is 12.1 Å². The molecule has 0 unspecified atom stereocenters. The number of nitrogens with zero attached hydrogens (tertiary/aromatic N) is 1. The van der Waals surface area contributed by atoms with Crippen LogP contribution in [0.25, 0.3) is 0 Å². The van der Waals surface area contributed by atoms with Crippen LogP contribution in [0, 0.1) is 0 Å². The van der Waals surface area contributed by atoms with E-state index in [-0.39, 0.29) is 18.9 Å². The Morgan fingerprint density at radius 3 is 2.09 bits per heavy atom. The highest BCUT2D eigenvalue weighted by atomic mass is 16.6. The molecular formula is C14H18N2O7. The molecular weight excluding hydrogens is 308 g/mol. The molecule has 0 aromatic carbocycles. The third-order valence-electron chi connectivity index (χ3n) is 2.28. The fraction of sp³-hybridized carbons (Fsp3) is 0.429. The number of alkyl carbamates (subject to hydrolysis) is 1. The largest absolute Gasteiger partial charge is 0.492 e. The van der Waals surface area contributed by atoms with E-state index in [2.05, 4.69) is 10.3 Å². The van der Waals surface area contributed by atoms with Gasteiger partial charge in [0.1, 0.15) is 18.0 Å². The van der Waals surface area contributed by atoms with Gasteiger partial charge in [-0.05, 0) is 20.8 Å². The fourth-order valence-corrected chi connectivity index (χ4v) is 1.44. The van der Waals surface area contributed by atoms with E-state index >= 15 is 0 Å². The Labute approximate surface area is 132 Å². The molecule has 0 bridgehead atoms. The van der Waals surface area contributed by atoms with E-state index in [1.807, 2.05) is 0 Å². The monoisotopic (exact) mass is 326 g/mol. The molecule has 0 radical (unpaired) electrons. The van der Waals surface area contributed by atoms with Gasteiger partial charge in [-0.2, -0.15) is 0 Å². The van der Waals surface area contributed by atoms with Gasteiger partial charge in [-0.1, -0.05) is 0 Å². The summed E-state index contributed by atoms with van der Waals surface area (Å²) in [7, 11) is 0. The van der Waals surface area contributed by atoms with Crippen LogP contribution in [0.1, 0.15) is 41.7 Å². The lowest BCUT2D eigenvalue weighted by Crippen LogP contribution is -2.34. The van der Waals surface area contributed by atoms with Gasteiger partial charge in [-0.15, -0.1) is 0 Å². The summed E-state index contributed by atoms with van der Waals surface area (Å²) in [5.74, 6) is -2.71. The number of carboxylic acids is 2. The first-order valence-corrected chi connectivity index (χ1v) is 6.67. The number of hydrogen-bond acceptors (Lipinski definition) is 6. The standard InChI is InChI=1S/C14H18N2O7/c1-14(2,3)23-13(21)15-4-5-22-8-6-9(11(17)18)16-10(7-8)12(19)20/h6-7H,4-5H2,1-3H3,(H,15,21)(H,17,18)(H,19,20). The minimum absolute atomic E-state index is 0.00136. The molecule has 0 atom stereocenters. The molecule has 1 aromatic rings. The van der Waals surface area contributed by atoms with E-state index in [1.54, 1.807) is 20.8 Å². The van der Waals surface area contributed by atoms with Crippen LogP contribution >= 0.6 is 0 Å². The van der Waals surface area contributed by atoms with Gasteiger partial charge in [0.05, 0.1) is 6.54 Å². The van der Waals surface area contributed by atoms with Gasteiger partial charge < -0.3 is 25.0 Å². The van der Waals surface area contributed by atoms with Gasteiger partial charge in [0.25, 0.3) is 0 Å². The van der Waals surface area contributed by atoms with Gasteiger partial charge in [0.15, 0.2) is 11.4 Å². The summed E-state index contributed by atoms with van der Waals surface area (Å²) in [5.41, 5.74) is -1.51. The number of carboxylic acid groups (broad SMARTS) is 2. The van der Waals surface area contributed by atoms with Crippen molar-refractivity contribution in [3.05, 3.63) is 23.5 Å². The van der Waals surface area contributed by atoms with Crippen LogP contribution in [0.2, 0.25) is 0 Å². The van der Waals surface area contributed by atoms with Gasteiger partial charge in [0.2, 0.25) is 0 Å². The lowest BCUT2D eigenvalue weighted by molar-refractivity contribution is 0.0519. The summed E-state index contributed by atoms with van der Waals surface area (Å²) >= 11 is 0. The van der Waals surface area contributed by atoms with Crippen molar-refractivity contribution in [2.75, 3.05) is 13.2 Å². The second kappa shape index (κ2) is 7.43. The van der Waals surface area contributed by atoms with Crippen molar-refractivity contribution in [3.8, 4) is 5.75 Å². The summed E-state index contributed by atoms with van der Waals surface area (Å²) in [6.45, 7) is 5.27. The first-order valence-electron chi connectivity index (χ1n) is 6.67. The highest BCUT2D eigenvalue weighted by Crippen LogP contribution is 2.14. The molecule has 1 aromatic heterocycles. The molecule has 0 fully saturated rings. The normalized spacial score (nSPS) is 10.7. The lowest BCUT2D eigenvalue weighted by Gasteiger charge is -2.19. The van der Waals surface area contributed by atoms with Crippen molar-refractivity contribution in [1.82, 2.24) is 10.3 Å². The maximum Gasteiger partial charge on any atom is 0.407 e. The maximum absolute atomic E-state index is 11.4. The third-order valence-corrected chi connectivity index (χ3v) is 2.28. The molecule has 1 rings (SSSR count). The Hall–Kier alpha value is -2.84. The lowest BCUT2D eigenvalue weighted by atomic mass is 10.2. The van der Waals surface area contributed by atoms with E-state index in [4.69, 9.17) is 19.7 Å². The summed E-state index contributed by atoms with van der Waals surface area (Å²) in [4.78, 5) is 36.7. The molecule has 0 aliphatic rings. The van der Waals surface area contributed by atoms with Crippen molar-refractivity contribution in [3.63, 3.8) is 0 Å². The van der Waals surface area contributed by atoms with Gasteiger partial charge in [0, 0.05) is 12.1 Å². The molecule has 126 valence electrons. The summed E-state index contributed by atoms with van der Waals surface area (Å²) in [6, 6.07) is 2.20. The summed E-state index contributed by atoms with van der Waals surface area (Å²) in [5, 5.41) is 20.2. The van der Waals surface area contributed by atoms with E-state index in [9.17, 15) is 14.4 Å². The predicted octanol–water partition coefficient (Wildman–Crippen LogP) is 1.38. The Kier molecular flexibility index (Phi) is 5.88. The maximum atomic E-state index is 11.4. The van der Waals surface area contributed by atoms with Crippen molar-refractivity contribution in [2.24, 2.45) is 0 Å². The average molecular weight is 326 g/mol. The number of aromatic carboxylic acids is 2. The van der Waals surface area contributed by atoms with Crippen molar-refractivity contribution >= 4 is 18.0 Å². The molecule has 23 heavy (non-hydrogen) atoms. The van der Waals surface area contributed by atoms with Crippen molar-refractivity contribution in [2.45, 2.75) is 26.4 Å². The molecule has 0 saturated carbocycles. The Bertz CT molecular complexity index is 575. The minimum atomic E-state index is -1.37. The van der Waals surface area contributed by atoms with Gasteiger partial charge in [-0.3, -0.25) is 0 Å². The molecule has 0 spiro atoms. The predicted molar refractivity (Wildman–Crippen MR) is 77.9 cm³/mol. The van der Waals surface area contributed by atoms with E-state index in [0.29, 0.717) is 0 Å². The Balaban J connectivity index is 2.59. The highest BCUT2D eigenvalue weighted by Gasteiger charge is 2.16. The summed E-state index contributed by atoms with van der Waals surface area (Å²) < 4.78 is 10.3. The average Bonchev–Trinajstić information content (AvgIpc) is 2.41. The quantitative estimate of drug-likeness (QED) is 0.667. The van der Waals surface area contributed by atoms with Crippen LogP contribution in [0.5, 0.6) is 5.75 Å². The van der Waals surface area contributed by atoms with E-state index < -0.39 is 35.0 Å². The molecule has 0 saturated heterocycles. The number of rotatable bonds is 6. The number of hydrogen-bond donors (Lipinski definition) is 3. The minimum Gasteiger partial charge on any atom is -0.492 e. The van der Waals surface area contributed by atoms with Crippen LogP contribution in [-0.2, 0) is 4.74 Å². The zero-order valence-electron chi connectivity index (χ0n) is 13.0. The van der Waals surface area contributed by atoms with Crippen LogP contribution in [-0.4, -0.2) is 52.0 Å². The first-order chi connectivity index (χ1) is 10.6. The van der Waals surface area contributed by atoms with Gasteiger partial charge in [-0.25, -0.2) is 19.4 Å². The number of carbonyl (C=O) groups is 3. The molecule has 1 heterocycles. The Morgan fingerprint density at radius 2 is 1.65 bits per heavy atom. The fourth-order valence-electron chi connectivity index (χ4n) is 1.44. The number of ether oxygens (including phenoxy) is 2. The van der Waals surface area contributed by atoms with E-state index in [1.165, 1.54) is 0 Å². The topological polar surface area (TPSA) is 135 Å². The zero-order chi connectivity index (χ0) is 17.6. The van der Waals surface area contributed by atoms with Crippen LogP contribution in [0.3, 0.4) is 0 Å². The molecule has 0 aliphatic heterocycles. The highest BCUT2D eigenvalue weighted by molar-refractivity contribution is 5.90.